The second-order valence-corrected chi connectivity index (χ2v) is 4.97. The predicted octanol–water partition coefficient (Wildman–Crippen LogP) is 0.473. The number of carbonyl (C=O) groups excluding carboxylic acids is 1. The fraction of sp³-hybridized carbons (Fsp3) is 0.833. The van der Waals surface area contributed by atoms with Gasteiger partial charge in [-0.1, -0.05) is 0 Å². The summed E-state index contributed by atoms with van der Waals surface area (Å²) in [5.74, 6) is -0.0757. The lowest BCUT2D eigenvalue weighted by Crippen LogP contribution is -2.40. The van der Waals surface area contributed by atoms with Crippen LogP contribution in [0.2, 0.25) is 0 Å². The van der Waals surface area contributed by atoms with Crippen molar-refractivity contribution in [1.82, 2.24) is 5.01 Å². The van der Waals surface area contributed by atoms with Gasteiger partial charge in [-0.25, -0.2) is 5.01 Å². The first kappa shape index (κ1) is 12.5. The molecule has 0 aromatic carbocycles. The number of hydrogen-bond donors (Lipinski definition) is 2. The first-order valence-electron chi connectivity index (χ1n) is 6.41. The van der Waals surface area contributed by atoms with Gasteiger partial charge >= 0.3 is 0 Å². The third-order valence-electron chi connectivity index (χ3n) is 3.75. The van der Waals surface area contributed by atoms with Crippen LogP contribution in [0.3, 0.4) is 0 Å². The largest absolute Gasteiger partial charge is 0.391 e. The highest BCUT2D eigenvalue weighted by molar-refractivity contribution is 6.06. The maximum Gasteiger partial charge on any atom is 0.251 e. The Labute approximate surface area is 102 Å². The van der Waals surface area contributed by atoms with Crippen LogP contribution in [0.25, 0.3) is 0 Å². The number of nitrogens with zero attached hydrogens (tertiary/aromatic N) is 2. The molecule has 5 nitrogen and oxygen atoms in total. The second kappa shape index (κ2) is 5.14. The molecule has 1 heterocycles. The van der Waals surface area contributed by atoms with E-state index < -0.39 is 6.10 Å². The molecule has 96 valence electrons. The molecule has 1 aliphatic heterocycles. The van der Waals surface area contributed by atoms with Crippen LogP contribution in [0.4, 0.5) is 0 Å². The van der Waals surface area contributed by atoms with E-state index in [2.05, 4.69) is 5.10 Å². The topological polar surface area (TPSA) is 78.9 Å². The molecule has 3 N–H and O–H groups in total. The van der Waals surface area contributed by atoms with Crippen molar-refractivity contribution in [1.29, 1.82) is 0 Å². The zero-order valence-electron chi connectivity index (χ0n) is 10.3. The van der Waals surface area contributed by atoms with Crippen LogP contribution in [0.15, 0.2) is 5.10 Å². The van der Waals surface area contributed by atoms with E-state index in [0.29, 0.717) is 6.54 Å². The van der Waals surface area contributed by atoms with E-state index in [9.17, 15) is 9.90 Å². The fourth-order valence-corrected chi connectivity index (χ4v) is 2.73. The van der Waals surface area contributed by atoms with Crippen LogP contribution in [-0.2, 0) is 4.79 Å². The molecule has 3 atom stereocenters. The average molecular weight is 239 g/mol. The van der Waals surface area contributed by atoms with Crippen LogP contribution in [0.1, 0.15) is 39.0 Å². The molecular formula is C12H21N3O2. The van der Waals surface area contributed by atoms with Crippen molar-refractivity contribution in [3.63, 3.8) is 0 Å². The summed E-state index contributed by atoms with van der Waals surface area (Å²) < 4.78 is 0. The van der Waals surface area contributed by atoms with E-state index in [0.717, 1.165) is 37.8 Å². The average Bonchev–Trinajstić information content (AvgIpc) is 2.82. The van der Waals surface area contributed by atoms with Crippen molar-refractivity contribution in [3.05, 3.63) is 0 Å². The Hall–Kier alpha value is -0.940. The molecule has 0 aromatic rings. The van der Waals surface area contributed by atoms with Gasteiger partial charge in [-0.2, -0.15) is 5.10 Å². The van der Waals surface area contributed by atoms with Crippen molar-refractivity contribution < 1.29 is 9.90 Å². The van der Waals surface area contributed by atoms with Gasteiger partial charge in [0, 0.05) is 5.71 Å². The van der Waals surface area contributed by atoms with E-state index in [1.807, 2.05) is 6.92 Å². The monoisotopic (exact) mass is 239 g/mol. The summed E-state index contributed by atoms with van der Waals surface area (Å²) in [6, 6.07) is -0.111. The third-order valence-corrected chi connectivity index (χ3v) is 3.75. The summed E-state index contributed by atoms with van der Waals surface area (Å²) in [4.78, 5) is 12.2. The maximum absolute atomic E-state index is 12.2. The molecule has 2 rings (SSSR count). The Morgan fingerprint density at radius 3 is 2.88 bits per heavy atom. The molecule has 2 aliphatic rings. The van der Waals surface area contributed by atoms with Crippen LogP contribution < -0.4 is 5.73 Å². The summed E-state index contributed by atoms with van der Waals surface area (Å²) in [6.45, 7) is 2.49. The highest BCUT2D eigenvalue weighted by atomic mass is 16.3. The van der Waals surface area contributed by atoms with Crippen molar-refractivity contribution in [2.45, 2.75) is 51.2 Å². The van der Waals surface area contributed by atoms with Gasteiger partial charge in [0.05, 0.1) is 18.1 Å². The number of rotatable bonds is 4. The Morgan fingerprint density at radius 1 is 1.53 bits per heavy atom. The molecule has 1 aliphatic carbocycles. The molecular weight excluding hydrogens is 218 g/mol. The minimum absolute atomic E-state index is 0.0434. The molecule has 5 heteroatoms. The van der Waals surface area contributed by atoms with Gasteiger partial charge < -0.3 is 10.8 Å². The molecule has 0 saturated heterocycles. The highest BCUT2D eigenvalue weighted by Crippen LogP contribution is 2.30. The van der Waals surface area contributed by atoms with Crippen LogP contribution in [0.5, 0.6) is 0 Å². The van der Waals surface area contributed by atoms with E-state index in [4.69, 9.17) is 5.73 Å². The lowest BCUT2D eigenvalue weighted by molar-refractivity contribution is -0.135. The lowest BCUT2D eigenvalue weighted by Gasteiger charge is -2.24. The highest BCUT2D eigenvalue weighted by Gasteiger charge is 2.41. The molecule has 0 radical (unpaired) electrons. The van der Waals surface area contributed by atoms with Gasteiger partial charge in [-0.15, -0.1) is 0 Å². The molecule has 1 amide bonds. The zero-order valence-corrected chi connectivity index (χ0v) is 10.3. The Bertz CT molecular complexity index is 330. The number of hydrazone groups is 1. The van der Waals surface area contributed by atoms with Gasteiger partial charge in [-0.3, -0.25) is 4.79 Å². The second-order valence-electron chi connectivity index (χ2n) is 4.97. The number of nitrogens with two attached hydrogens (primary N) is 1. The van der Waals surface area contributed by atoms with Gasteiger partial charge in [0.25, 0.3) is 5.91 Å². The van der Waals surface area contributed by atoms with E-state index in [1.165, 1.54) is 5.01 Å². The van der Waals surface area contributed by atoms with Crippen LogP contribution in [0, 0.1) is 5.92 Å². The number of aliphatic hydroxyl groups is 1. The molecule has 3 unspecified atom stereocenters. The van der Waals surface area contributed by atoms with E-state index in [1.54, 1.807) is 0 Å². The molecule has 1 saturated carbocycles. The summed E-state index contributed by atoms with van der Waals surface area (Å²) in [5, 5.41) is 15.7. The Balaban J connectivity index is 2.04. The molecule has 17 heavy (non-hydrogen) atoms. The van der Waals surface area contributed by atoms with Crippen molar-refractivity contribution >= 4 is 11.6 Å². The summed E-state index contributed by atoms with van der Waals surface area (Å²) in [5.41, 5.74) is 6.34. The van der Waals surface area contributed by atoms with Crippen LogP contribution >= 0.6 is 0 Å². The first-order chi connectivity index (χ1) is 8.15. The fourth-order valence-electron chi connectivity index (χ4n) is 2.73. The summed E-state index contributed by atoms with van der Waals surface area (Å²) in [6.07, 6.45) is 3.79. The lowest BCUT2D eigenvalue weighted by atomic mass is 9.98. The standard InChI is InChI=1S/C12H21N3O2/c1-8-9(4-3-7-13)12(17)15(14-8)10-5-2-6-11(10)16/h9-11,16H,2-7,13H2,1H3. The normalized spacial score (nSPS) is 33.4. The van der Waals surface area contributed by atoms with Crippen LogP contribution in [-0.4, -0.2) is 40.4 Å². The quantitative estimate of drug-likeness (QED) is 0.748. The Morgan fingerprint density at radius 2 is 2.29 bits per heavy atom. The smallest absolute Gasteiger partial charge is 0.251 e. The molecule has 0 bridgehead atoms. The molecule has 0 spiro atoms. The van der Waals surface area contributed by atoms with Crippen molar-refractivity contribution in [2.24, 2.45) is 16.8 Å². The zero-order chi connectivity index (χ0) is 12.4. The van der Waals surface area contributed by atoms with E-state index in [-0.39, 0.29) is 17.9 Å². The minimum Gasteiger partial charge on any atom is -0.391 e. The van der Waals surface area contributed by atoms with E-state index >= 15 is 0 Å². The number of amides is 1. The molecule has 1 fully saturated rings. The first-order valence-corrected chi connectivity index (χ1v) is 6.41. The van der Waals surface area contributed by atoms with Gasteiger partial charge in [0.1, 0.15) is 0 Å². The third kappa shape index (κ3) is 2.35. The Kier molecular flexibility index (Phi) is 3.79. The number of aliphatic hydroxyl groups excluding tert-OH is 1. The number of hydrogen-bond acceptors (Lipinski definition) is 4. The molecule has 0 aromatic heterocycles. The van der Waals surface area contributed by atoms with Gasteiger partial charge in [0.15, 0.2) is 0 Å². The van der Waals surface area contributed by atoms with Crippen molar-refractivity contribution in [2.75, 3.05) is 6.54 Å². The van der Waals surface area contributed by atoms with Crippen molar-refractivity contribution in [3.8, 4) is 0 Å². The SMILES string of the molecule is CC1=NN(C2CCCC2O)C(=O)C1CCCN. The summed E-state index contributed by atoms with van der Waals surface area (Å²) in [7, 11) is 0. The summed E-state index contributed by atoms with van der Waals surface area (Å²) >= 11 is 0. The van der Waals surface area contributed by atoms with Gasteiger partial charge in [-0.05, 0) is 45.6 Å². The van der Waals surface area contributed by atoms with Gasteiger partial charge in [0.2, 0.25) is 0 Å². The minimum atomic E-state index is -0.413. The number of carbonyl (C=O) groups is 1. The predicted molar refractivity (Wildman–Crippen MR) is 65.4 cm³/mol. The maximum atomic E-state index is 12.2.